The van der Waals surface area contributed by atoms with Gasteiger partial charge in [0, 0.05) is 23.8 Å². The molecule has 0 radical (unpaired) electrons. The van der Waals surface area contributed by atoms with E-state index in [9.17, 15) is 9.18 Å². The van der Waals surface area contributed by atoms with E-state index in [1.165, 1.54) is 16.8 Å². The molecule has 0 fully saturated rings. The highest BCUT2D eigenvalue weighted by molar-refractivity contribution is 6.30. The van der Waals surface area contributed by atoms with Crippen molar-refractivity contribution in [1.29, 1.82) is 0 Å². The summed E-state index contributed by atoms with van der Waals surface area (Å²) in [7, 11) is 0. The van der Waals surface area contributed by atoms with Gasteiger partial charge in [0.2, 0.25) is 0 Å². The molecule has 2 rings (SSSR count). The second kappa shape index (κ2) is 6.38. The largest absolute Gasteiger partial charge is 0.494 e. The molecule has 1 aromatic carbocycles. The van der Waals surface area contributed by atoms with E-state index in [1.807, 2.05) is 0 Å². The van der Waals surface area contributed by atoms with Crippen molar-refractivity contribution in [3.05, 3.63) is 63.8 Å². The van der Waals surface area contributed by atoms with Gasteiger partial charge in [0.1, 0.15) is 11.6 Å². The van der Waals surface area contributed by atoms with Crippen LogP contribution in [-0.4, -0.2) is 11.2 Å². The van der Waals surface area contributed by atoms with E-state index in [0.717, 1.165) is 11.8 Å². The lowest BCUT2D eigenvalue weighted by Crippen LogP contribution is -2.20. The van der Waals surface area contributed by atoms with Gasteiger partial charge in [-0.3, -0.25) is 4.79 Å². The molecule has 0 aliphatic heterocycles. The molecule has 0 N–H and O–H groups in total. The first-order valence-electron chi connectivity index (χ1n) is 5.89. The van der Waals surface area contributed by atoms with E-state index < -0.39 is 5.82 Å². The Morgan fingerprint density at radius 1 is 1.16 bits per heavy atom. The van der Waals surface area contributed by atoms with Gasteiger partial charge in [-0.2, -0.15) is 0 Å². The normalized spacial score (nSPS) is 10.4. The first-order chi connectivity index (χ1) is 9.15. The molecule has 0 saturated carbocycles. The zero-order valence-electron chi connectivity index (χ0n) is 10.2. The van der Waals surface area contributed by atoms with E-state index in [-0.39, 0.29) is 5.56 Å². The monoisotopic (exact) mass is 281 g/mol. The van der Waals surface area contributed by atoms with Crippen LogP contribution in [0.1, 0.15) is 6.42 Å². The van der Waals surface area contributed by atoms with Crippen LogP contribution in [-0.2, 0) is 6.54 Å². The molecule has 0 bridgehead atoms. The number of rotatable bonds is 5. The van der Waals surface area contributed by atoms with Gasteiger partial charge in [-0.25, -0.2) is 4.39 Å². The van der Waals surface area contributed by atoms with Crippen LogP contribution in [0.15, 0.2) is 47.4 Å². The van der Waals surface area contributed by atoms with Gasteiger partial charge in [-0.15, -0.1) is 0 Å². The van der Waals surface area contributed by atoms with Crippen LogP contribution in [0.25, 0.3) is 0 Å². The molecule has 1 heterocycles. The third kappa shape index (κ3) is 4.10. The van der Waals surface area contributed by atoms with Crippen LogP contribution in [0, 0.1) is 5.82 Å². The predicted octanol–water partition coefficient (Wildman–Crippen LogP) is 3.11. The number of aromatic nitrogens is 1. The van der Waals surface area contributed by atoms with Crippen LogP contribution in [0.3, 0.4) is 0 Å². The lowest BCUT2D eigenvalue weighted by molar-refractivity contribution is 0.300. The molecule has 0 spiro atoms. The molecule has 19 heavy (non-hydrogen) atoms. The second-order valence-electron chi connectivity index (χ2n) is 4.03. The number of nitrogens with zero attached hydrogens (tertiary/aromatic N) is 1. The maximum atomic E-state index is 13.0. The average Bonchev–Trinajstić information content (AvgIpc) is 2.40. The molecule has 0 unspecified atom stereocenters. The fraction of sp³-hybridized carbons (Fsp3) is 0.214. The third-order valence-corrected chi connectivity index (χ3v) is 2.83. The van der Waals surface area contributed by atoms with Crippen molar-refractivity contribution in [3.8, 4) is 5.75 Å². The number of aryl methyl sites for hydroxylation is 1. The molecule has 0 aliphatic carbocycles. The zero-order chi connectivity index (χ0) is 13.7. The summed E-state index contributed by atoms with van der Waals surface area (Å²) >= 11 is 5.76. The summed E-state index contributed by atoms with van der Waals surface area (Å²) in [6, 6.07) is 9.41. The number of hydrogen-bond acceptors (Lipinski definition) is 2. The number of pyridine rings is 1. The average molecular weight is 282 g/mol. The molecule has 0 atom stereocenters. The minimum atomic E-state index is -0.418. The van der Waals surface area contributed by atoms with E-state index in [4.69, 9.17) is 16.3 Å². The highest BCUT2D eigenvalue weighted by atomic mass is 35.5. The fourth-order valence-electron chi connectivity index (χ4n) is 1.63. The zero-order valence-corrected chi connectivity index (χ0v) is 10.9. The molecule has 1 aromatic heterocycles. The summed E-state index contributed by atoms with van der Waals surface area (Å²) < 4.78 is 19.8. The van der Waals surface area contributed by atoms with Crippen molar-refractivity contribution in [2.24, 2.45) is 0 Å². The van der Waals surface area contributed by atoms with Crippen molar-refractivity contribution in [3.63, 3.8) is 0 Å². The lowest BCUT2D eigenvalue weighted by atomic mass is 10.3. The third-order valence-electron chi connectivity index (χ3n) is 2.57. The Balaban J connectivity index is 1.82. The summed E-state index contributed by atoms with van der Waals surface area (Å²) in [5.74, 6) is 0.300. The van der Waals surface area contributed by atoms with Crippen LogP contribution in [0.4, 0.5) is 4.39 Å². The standard InChI is InChI=1S/C14H13ClFNO2/c15-11-2-5-13(6-3-11)19-9-1-8-17-10-12(16)4-7-14(17)18/h2-7,10H,1,8-9H2. The van der Waals surface area contributed by atoms with E-state index in [2.05, 4.69) is 0 Å². The van der Waals surface area contributed by atoms with Gasteiger partial charge >= 0.3 is 0 Å². The quantitative estimate of drug-likeness (QED) is 0.789. The van der Waals surface area contributed by atoms with Crippen molar-refractivity contribution in [2.45, 2.75) is 13.0 Å². The van der Waals surface area contributed by atoms with Gasteiger partial charge < -0.3 is 9.30 Å². The number of halogens is 2. The number of benzene rings is 1. The fourth-order valence-corrected chi connectivity index (χ4v) is 1.76. The molecule has 2 aromatic rings. The van der Waals surface area contributed by atoms with Gasteiger partial charge in [0.25, 0.3) is 5.56 Å². The summed E-state index contributed by atoms with van der Waals surface area (Å²) in [5.41, 5.74) is -0.215. The van der Waals surface area contributed by atoms with Crippen molar-refractivity contribution < 1.29 is 9.13 Å². The minimum Gasteiger partial charge on any atom is -0.494 e. The van der Waals surface area contributed by atoms with Gasteiger partial charge in [-0.05, 0) is 36.8 Å². The molecule has 3 nitrogen and oxygen atoms in total. The lowest BCUT2D eigenvalue weighted by Gasteiger charge is -2.07. The summed E-state index contributed by atoms with van der Waals surface area (Å²) in [5, 5.41) is 0.652. The maximum absolute atomic E-state index is 13.0. The first-order valence-corrected chi connectivity index (χ1v) is 6.27. The molecular formula is C14H13ClFNO2. The van der Waals surface area contributed by atoms with E-state index in [1.54, 1.807) is 24.3 Å². The summed E-state index contributed by atoms with van der Waals surface area (Å²) in [6.07, 6.45) is 1.82. The Morgan fingerprint density at radius 2 is 1.89 bits per heavy atom. The summed E-state index contributed by atoms with van der Waals surface area (Å²) in [6.45, 7) is 0.870. The highest BCUT2D eigenvalue weighted by Crippen LogP contribution is 2.15. The Hall–Kier alpha value is -1.81. The highest BCUT2D eigenvalue weighted by Gasteiger charge is 1.99. The van der Waals surface area contributed by atoms with E-state index in [0.29, 0.717) is 24.6 Å². The Morgan fingerprint density at radius 3 is 2.63 bits per heavy atom. The number of ether oxygens (including phenoxy) is 1. The first kappa shape index (κ1) is 13.6. The number of hydrogen-bond donors (Lipinski definition) is 0. The van der Waals surface area contributed by atoms with Crippen LogP contribution in [0.2, 0.25) is 5.02 Å². The van der Waals surface area contributed by atoms with Gasteiger partial charge in [0.15, 0.2) is 0 Å². The van der Waals surface area contributed by atoms with Crippen molar-refractivity contribution >= 4 is 11.6 Å². The Labute approximate surface area is 115 Å². The van der Waals surface area contributed by atoms with Gasteiger partial charge in [0.05, 0.1) is 6.61 Å². The van der Waals surface area contributed by atoms with Crippen LogP contribution >= 0.6 is 11.6 Å². The maximum Gasteiger partial charge on any atom is 0.250 e. The van der Waals surface area contributed by atoms with Gasteiger partial charge in [-0.1, -0.05) is 11.6 Å². The molecule has 100 valence electrons. The Kier molecular flexibility index (Phi) is 4.58. The minimum absolute atomic E-state index is 0.215. The molecule has 0 aliphatic rings. The van der Waals surface area contributed by atoms with Crippen molar-refractivity contribution in [2.75, 3.05) is 6.61 Å². The van der Waals surface area contributed by atoms with Crippen LogP contribution in [0.5, 0.6) is 5.75 Å². The summed E-state index contributed by atoms with van der Waals surface area (Å²) in [4.78, 5) is 11.4. The van der Waals surface area contributed by atoms with Crippen LogP contribution < -0.4 is 10.3 Å². The van der Waals surface area contributed by atoms with E-state index >= 15 is 0 Å². The second-order valence-corrected chi connectivity index (χ2v) is 4.47. The topological polar surface area (TPSA) is 31.2 Å². The molecule has 0 saturated heterocycles. The SMILES string of the molecule is O=c1ccc(F)cn1CCCOc1ccc(Cl)cc1. The molecular weight excluding hydrogens is 269 g/mol. The van der Waals surface area contributed by atoms with Crippen molar-refractivity contribution in [1.82, 2.24) is 4.57 Å². The molecule has 0 amide bonds. The smallest absolute Gasteiger partial charge is 0.250 e. The predicted molar refractivity (Wildman–Crippen MR) is 72.2 cm³/mol. The molecule has 5 heteroatoms. The Bertz CT molecular complexity index is 595.